The lowest BCUT2D eigenvalue weighted by Crippen LogP contribution is -2.50. The average molecular weight is 493 g/mol. The van der Waals surface area contributed by atoms with Crippen molar-refractivity contribution >= 4 is 29.5 Å². The lowest BCUT2D eigenvalue weighted by molar-refractivity contribution is 0.0198. The van der Waals surface area contributed by atoms with Gasteiger partial charge in [-0.25, -0.2) is 14.6 Å². The molecule has 1 aromatic heterocycles. The molecule has 1 aromatic rings. The monoisotopic (exact) mass is 492 g/mol. The molecule has 0 spiro atoms. The summed E-state index contributed by atoms with van der Waals surface area (Å²) >= 11 is 6.45. The number of hydrogen-bond acceptors (Lipinski definition) is 6. The fourth-order valence-electron chi connectivity index (χ4n) is 5.09. The Labute approximate surface area is 207 Å². The minimum absolute atomic E-state index is 0.146. The fourth-order valence-corrected chi connectivity index (χ4v) is 5.30. The van der Waals surface area contributed by atoms with Gasteiger partial charge in [-0.3, -0.25) is 0 Å². The number of fused-ring (bicyclic) bond motifs is 2. The van der Waals surface area contributed by atoms with Gasteiger partial charge in [0.2, 0.25) is 0 Å². The molecule has 3 aliphatic rings. The average Bonchev–Trinajstić information content (AvgIpc) is 3.32. The molecule has 2 atom stereocenters. The van der Waals surface area contributed by atoms with Crippen LogP contribution in [-0.4, -0.2) is 76.4 Å². The van der Waals surface area contributed by atoms with Crippen LogP contribution in [0.15, 0.2) is 12.1 Å². The van der Waals surface area contributed by atoms with Crippen molar-refractivity contribution in [3.05, 3.63) is 23.0 Å². The number of hydrogen-bond donors (Lipinski definition) is 0. The largest absolute Gasteiger partial charge is 0.444 e. The maximum absolute atomic E-state index is 12.6. The third-order valence-corrected chi connectivity index (χ3v) is 6.76. The second kappa shape index (κ2) is 9.10. The summed E-state index contributed by atoms with van der Waals surface area (Å²) in [5, 5.41) is 0.480. The number of likely N-dealkylation sites (tertiary alicyclic amines) is 2. The Hall–Kier alpha value is -2.22. The predicted octanol–water partition coefficient (Wildman–Crippen LogP) is 5.05. The summed E-state index contributed by atoms with van der Waals surface area (Å²) < 4.78 is 11.1. The highest BCUT2D eigenvalue weighted by atomic mass is 35.5. The number of ether oxygens (including phenoxy) is 2. The first-order valence-electron chi connectivity index (χ1n) is 12.2. The quantitative estimate of drug-likeness (QED) is 0.538. The van der Waals surface area contributed by atoms with E-state index in [0.717, 1.165) is 37.2 Å². The van der Waals surface area contributed by atoms with Crippen molar-refractivity contribution in [1.82, 2.24) is 14.8 Å². The van der Waals surface area contributed by atoms with Gasteiger partial charge in [-0.15, -0.1) is 0 Å². The molecule has 9 heteroatoms. The van der Waals surface area contributed by atoms with Crippen LogP contribution in [0.1, 0.15) is 72.4 Å². The molecule has 3 fully saturated rings. The molecule has 4 rings (SSSR count). The molecule has 188 valence electrons. The van der Waals surface area contributed by atoms with Crippen LogP contribution in [-0.2, 0) is 9.47 Å². The zero-order chi connectivity index (χ0) is 24.8. The van der Waals surface area contributed by atoms with Crippen LogP contribution in [0.3, 0.4) is 0 Å². The second-order valence-electron chi connectivity index (χ2n) is 11.6. The third-order valence-electron chi connectivity index (χ3n) is 6.56. The molecule has 0 radical (unpaired) electrons. The van der Waals surface area contributed by atoms with Gasteiger partial charge in [0.15, 0.2) is 0 Å². The van der Waals surface area contributed by atoms with Gasteiger partial charge in [-0.05, 0) is 72.9 Å². The van der Waals surface area contributed by atoms with Crippen LogP contribution < -0.4 is 4.90 Å². The summed E-state index contributed by atoms with van der Waals surface area (Å²) in [6.07, 6.45) is 2.09. The first-order valence-corrected chi connectivity index (χ1v) is 12.6. The van der Waals surface area contributed by atoms with Crippen LogP contribution in [0.25, 0.3) is 0 Å². The number of piperidine rings is 1. The topological polar surface area (TPSA) is 75.2 Å². The minimum Gasteiger partial charge on any atom is -0.444 e. The van der Waals surface area contributed by atoms with Crippen molar-refractivity contribution < 1.29 is 19.1 Å². The van der Waals surface area contributed by atoms with Gasteiger partial charge < -0.3 is 24.2 Å². The van der Waals surface area contributed by atoms with Crippen molar-refractivity contribution in [2.75, 3.05) is 31.1 Å². The molecule has 2 bridgehead atoms. The molecule has 0 aliphatic carbocycles. The smallest absolute Gasteiger partial charge is 0.410 e. The number of carbonyl (C=O) groups excluding carboxylic acids is 2. The SMILES string of the molecule is CC(C)(C)OC(=O)N1CCC(c2cc(N3CC4CC3CN4C(=O)OC(C)(C)C)cc(Cl)n2)CC1. The van der Waals surface area contributed by atoms with E-state index in [1.807, 2.05) is 52.5 Å². The molecule has 2 amide bonds. The Kier molecular flexibility index (Phi) is 6.66. The molecule has 3 aliphatic heterocycles. The van der Waals surface area contributed by atoms with Gasteiger partial charge >= 0.3 is 12.2 Å². The Balaban J connectivity index is 1.39. The van der Waals surface area contributed by atoms with Gasteiger partial charge in [0.25, 0.3) is 0 Å². The number of carbonyl (C=O) groups is 2. The molecule has 3 saturated heterocycles. The van der Waals surface area contributed by atoms with E-state index in [2.05, 4.69) is 16.0 Å². The number of amides is 2. The molecular formula is C25H37ClN4O4. The van der Waals surface area contributed by atoms with Crippen LogP contribution in [0.4, 0.5) is 15.3 Å². The maximum atomic E-state index is 12.6. The lowest BCUT2D eigenvalue weighted by Gasteiger charge is -2.37. The molecule has 2 unspecified atom stereocenters. The number of anilines is 1. The van der Waals surface area contributed by atoms with Crippen molar-refractivity contribution in [3.63, 3.8) is 0 Å². The molecular weight excluding hydrogens is 456 g/mol. The van der Waals surface area contributed by atoms with Crippen LogP contribution in [0, 0.1) is 0 Å². The van der Waals surface area contributed by atoms with Crippen molar-refractivity contribution in [1.29, 1.82) is 0 Å². The van der Waals surface area contributed by atoms with Gasteiger partial charge in [0, 0.05) is 49.5 Å². The summed E-state index contributed by atoms with van der Waals surface area (Å²) in [4.78, 5) is 35.6. The summed E-state index contributed by atoms with van der Waals surface area (Å²) in [5.41, 5.74) is 1.04. The molecule has 4 heterocycles. The van der Waals surface area contributed by atoms with Gasteiger partial charge in [0.1, 0.15) is 16.4 Å². The summed E-state index contributed by atoms with van der Waals surface area (Å²) in [5.74, 6) is 0.245. The van der Waals surface area contributed by atoms with E-state index in [0.29, 0.717) is 24.8 Å². The summed E-state index contributed by atoms with van der Waals surface area (Å²) in [7, 11) is 0. The van der Waals surface area contributed by atoms with E-state index in [4.69, 9.17) is 21.1 Å². The van der Waals surface area contributed by atoms with Crippen LogP contribution in [0.2, 0.25) is 5.15 Å². The highest BCUT2D eigenvalue weighted by Gasteiger charge is 2.46. The Bertz CT molecular complexity index is 934. The normalized spacial score (nSPS) is 23.4. The highest BCUT2D eigenvalue weighted by Crippen LogP contribution is 2.38. The van der Waals surface area contributed by atoms with Gasteiger partial charge in [-0.1, -0.05) is 11.6 Å². The number of halogens is 1. The molecule has 0 saturated carbocycles. The van der Waals surface area contributed by atoms with E-state index in [9.17, 15) is 9.59 Å². The first kappa shape index (κ1) is 24.9. The number of rotatable bonds is 2. The Morgan fingerprint density at radius 3 is 2.12 bits per heavy atom. The van der Waals surface area contributed by atoms with E-state index < -0.39 is 11.2 Å². The van der Waals surface area contributed by atoms with Crippen LogP contribution >= 0.6 is 11.6 Å². The van der Waals surface area contributed by atoms with E-state index in [1.54, 1.807) is 4.90 Å². The summed E-state index contributed by atoms with van der Waals surface area (Å²) in [6.45, 7) is 14.0. The fraction of sp³-hybridized carbons (Fsp3) is 0.720. The van der Waals surface area contributed by atoms with Crippen molar-refractivity contribution in [3.8, 4) is 0 Å². The maximum Gasteiger partial charge on any atom is 0.410 e. The van der Waals surface area contributed by atoms with E-state index >= 15 is 0 Å². The van der Waals surface area contributed by atoms with Gasteiger partial charge in [-0.2, -0.15) is 0 Å². The molecule has 8 nitrogen and oxygen atoms in total. The van der Waals surface area contributed by atoms with Crippen LogP contribution in [0.5, 0.6) is 0 Å². The van der Waals surface area contributed by atoms with E-state index in [1.165, 1.54) is 0 Å². The number of aromatic nitrogens is 1. The third kappa shape index (κ3) is 5.70. The Morgan fingerprint density at radius 2 is 1.56 bits per heavy atom. The zero-order valence-corrected chi connectivity index (χ0v) is 21.9. The first-order chi connectivity index (χ1) is 15.8. The predicted molar refractivity (Wildman–Crippen MR) is 132 cm³/mol. The molecule has 0 aromatic carbocycles. The lowest BCUT2D eigenvalue weighted by atomic mass is 9.93. The second-order valence-corrected chi connectivity index (χ2v) is 12.0. The zero-order valence-electron chi connectivity index (χ0n) is 21.1. The van der Waals surface area contributed by atoms with Gasteiger partial charge in [0.05, 0.1) is 6.04 Å². The van der Waals surface area contributed by atoms with Crippen molar-refractivity contribution in [2.24, 2.45) is 0 Å². The Morgan fingerprint density at radius 1 is 0.941 bits per heavy atom. The standard InChI is InChI=1S/C25H37ClN4O4/c1-24(2,3)33-22(31)28-9-7-16(8-10-28)20-12-17(13-21(26)27-20)29-14-19-11-18(29)15-30(19)23(32)34-25(4,5)6/h12-13,16,18-19H,7-11,14-15H2,1-6H3. The van der Waals surface area contributed by atoms with Crippen molar-refractivity contribution in [2.45, 2.75) is 90.0 Å². The molecule has 0 N–H and O–H groups in total. The number of nitrogens with zero attached hydrogens (tertiary/aromatic N) is 4. The minimum atomic E-state index is -0.495. The summed E-state index contributed by atoms with van der Waals surface area (Å²) in [6, 6.07) is 4.45. The molecule has 34 heavy (non-hydrogen) atoms. The highest BCUT2D eigenvalue weighted by molar-refractivity contribution is 6.29. The van der Waals surface area contributed by atoms with E-state index in [-0.39, 0.29) is 30.2 Å². The number of piperazine rings is 1. The number of pyridine rings is 1.